The molecule has 1 saturated heterocycles. The largest absolute Gasteiger partial charge is 0.359 e. The fourth-order valence-corrected chi connectivity index (χ4v) is 3.42. The number of para-hydroxylation sites is 1. The van der Waals surface area contributed by atoms with Crippen LogP contribution in [0.4, 0.5) is 5.69 Å². The van der Waals surface area contributed by atoms with Gasteiger partial charge in [0.15, 0.2) is 0 Å². The Labute approximate surface area is 139 Å². The smallest absolute Gasteiger partial charge is 0.257 e. The Morgan fingerprint density at radius 3 is 2.75 bits per heavy atom. The molecule has 1 aromatic carbocycles. The maximum absolute atomic E-state index is 12.7. The molecule has 0 bridgehead atoms. The Morgan fingerprint density at radius 2 is 2.04 bits per heavy atom. The third kappa shape index (κ3) is 2.08. The maximum Gasteiger partial charge on any atom is 0.257 e. The van der Waals surface area contributed by atoms with Crippen molar-refractivity contribution in [1.29, 1.82) is 0 Å². The maximum atomic E-state index is 12.7. The Bertz CT molecular complexity index is 835. The number of hydrogen-bond donors (Lipinski definition) is 2. The second-order valence-corrected chi connectivity index (χ2v) is 6.33. The number of anilines is 1. The molecule has 1 aromatic heterocycles. The fourth-order valence-electron chi connectivity index (χ4n) is 3.42. The zero-order chi connectivity index (χ0) is 16.9. The molecule has 0 saturated carbocycles. The first-order valence-corrected chi connectivity index (χ1v) is 8.04. The third-order valence-corrected chi connectivity index (χ3v) is 4.74. The van der Waals surface area contributed by atoms with Crippen LogP contribution >= 0.6 is 0 Å². The molecule has 0 radical (unpaired) electrons. The molecule has 7 nitrogen and oxygen atoms in total. The van der Waals surface area contributed by atoms with Crippen LogP contribution in [-0.4, -0.2) is 45.2 Å². The van der Waals surface area contributed by atoms with Crippen molar-refractivity contribution in [1.82, 2.24) is 20.0 Å². The zero-order valence-corrected chi connectivity index (χ0v) is 13.7. The summed E-state index contributed by atoms with van der Waals surface area (Å²) in [6, 6.07) is 7.40. The van der Waals surface area contributed by atoms with E-state index in [1.807, 2.05) is 32.0 Å². The molecule has 1 spiro atoms. The number of benzene rings is 1. The van der Waals surface area contributed by atoms with Gasteiger partial charge in [0.1, 0.15) is 5.66 Å². The number of aromatic nitrogens is 2. The standard InChI is InChI=1S/C17H19N5O2/c1-3-22-11(2)13(8-18-22)16(24)21-9-17(10-21)19-14-7-5-4-6-12(14)15(23)20-17/h4-8,19H,3,9-10H2,1-2H3,(H,20,23). The molecule has 1 fully saturated rings. The second-order valence-electron chi connectivity index (χ2n) is 6.33. The van der Waals surface area contributed by atoms with Crippen molar-refractivity contribution < 1.29 is 9.59 Å². The summed E-state index contributed by atoms with van der Waals surface area (Å²) in [5, 5.41) is 10.6. The van der Waals surface area contributed by atoms with Gasteiger partial charge in [0.2, 0.25) is 0 Å². The minimum absolute atomic E-state index is 0.0484. The Kier molecular flexibility index (Phi) is 3.13. The molecule has 0 unspecified atom stereocenters. The van der Waals surface area contributed by atoms with Crippen LogP contribution in [0, 0.1) is 6.92 Å². The number of carbonyl (C=O) groups excluding carboxylic acids is 2. The lowest BCUT2D eigenvalue weighted by atomic mass is 9.94. The lowest BCUT2D eigenvalue weighted by molar-refractivity contribution is 0.0343. The highest BCUT2D eigenvalue weighted by Gasteiger charge is 2.49. The summed E-state index contributed by atoms with van der Waals surface area (Å²) >= 11 is 0. The van der Waals surface area contributed by atoms with Crippen LogP contribution in [0.15, 0.2) is 30.5 Å². The minimum Gasteiger partial charge on any atom is -0.359 e. The number of hydrogen-bond acceptors (Lipinski definition) is 4. The Hall–Kier alpha value is -2.83. The Balaban J connectivity index is 1.51. The number of aryl methyl sites for hydroxylation is 1. The van der Waals surface area contributed by atoms with E-state index < -0.39 is 5.66 Å². The van der Waals surface area contributed by atoms with E-state index in [2.05, 4.69) is 15.7 Å². The molecule has 124 valence electrons. The summed E-state index contributed by atoms with van der Waals surface area (Å²) < 4.78 is 1.81. The Morgan fingerprint density at radius 1 is 1.29 bits per heavy atom. The van der Waals surface area contributed by atoms with Crippen LogP contribution in [0.5, 0.6) is 0 Å². The molecule has 2 aromatic rings. The van der Waals surface area contributed by atoms with Gasteiger partial charge in [-0.1, -0.05) is 12.1 Å². The molecule has 0 atom stereocenters. The topological polar surface area (TPSA) is 79.3 Å². The molecule has 2 N–H and O–H groups in total. The number of likely N-dealkylation sites (tertiary alicyclic amines) is 1. The number of rotatable bonds is 2. The summed E-state index contributed by atoms with van der Waals surface area (Å²) in [4.78, 5) is 26.7. The highest BCUT2D eigenvalue weighted by molar-refractivity contribution is 6.03. The predicted octanol–water partition coefficient (Wildman–Crippen LogP) is 1.22. The average Bonchev–Trinajstić information content (AvgIpc) is 2.92. The molecule has 3 heterocycles. The van der Waals surface area contributed by atoms with Gasteiger partial charge in [-0.05, 0) is 26.0 Å². The van der Waals surface area contributed by atoms with Crippen LogP contribution in [0.2, 0.25) is 0 Å². The van der Waals surface area contributed by atoms with Gasteiger partial charge in [-0.3, -0.25) is 14.3 Å². The first-order chi connectivity index (χ1) is 11.5. The average molecular weight is 325 g/mol. The summed E-state index contributed by atoms with van der Waals surface area (Å²) in [5.74, 6) is -0.154. The molecule has 7 heteroatoms. The lowest BCUT2D eigenvalue weighted by Gasteiger charge is -2.52. The van der Waals surface area contributed by atoms with Crippen LogP contribution in [-0.2, 0) is 6.54 Å². The minimum atomic E-state index is -0.574. The second kappa shape index (κ2) is 5.09. The molecule has 24 heavy (non-hydrogen) atoms. The van der Waals surface area contributed by atoms with E-state index in [1.54, 1.807) is 21.8 Å². The number of carbonyl (C=O) groups is 2. The van der Waals surface area contributed by atoms with Crippen molar-refractivity contribution in [2.75, 3.05) is 18.4 Å². The summed E-state index contributed by atoms with van der Waals surface area (Å²) in [7, 11) is 0. The number of fused-ring (bicyclic) bond motifs is 1. The van der Waals surface area contributed by atoms with Gasteiger partial charge in [-0.2, -0.15) is 5.10 Å². The van der Waals surface area contributed by atoms with Crippen LogP contribution < -0.4 is 10.6 Å². The van der Waals surface area contributed by atoms with Crippen molar-refractivity contribution >= 4 is 17.5 Å². The van der Waals surface area contributed by atoms with E-state index in [-0.39, 0.29) is 11.8 Å². The van der Waals surface area contributed by atoms with Gasteiger partial charge in [0.25, 0.3) is 11.8 Å². The van der Waals surface area contributed by atoms with Crippen LogP contribution in [0.3, 0.4) is 0 Å². The summed E-state index contributed by atoms with van der Waals surface area (Å²) in [6.45, 7) is 5.49. The van der Waals surface area contributed by atoms with Crippen molar-refractivity contribution in [3.63, 3.8) is 0 Å². The first kappa shape index (κ1) is 14.7. The van der Waals surface area contributed by atoms with E-state index in [9.17, 15) is 9.59 Å². The monoisotopic (exact) mass is 325 g/mol. The van der Waals surface area contributed by atoms with E-state index >= 15 is 0 Å². The highest BCUT2D eigenvalue weighted by atomic mass is 16.2. The highest BCUT2D eigenvalue weighted by Crippen LogP contribution is 2.31. The number of amides is 2. The molecule has 2 amide bonds. The molecular formula is C17H19N5O2. The van der Waals surface area contributed by atoms with Crippen molar-refractivity contribution in [2.24, 2.45) is 0 Å². The van der Waals surface area contributed by atoms with Gasteiger partial charge < -0.3 is 15.5 Å². The van der Waals surface area contributed by atoms with Gasteiger partial charge in [-0.15, -0.1) is 0 Å². The zero-order valence-electron chi connectivity index (χ0n) is 13.7. The lowest BCUT2D eigenvalue weighted by Crippen LogP contribution is -2.76. The predicted molar refractivity (Wildman–Crippen MR) is 88.8 cm³/mol. The molecule has 0 aliphatic carbocycles. The van der Waals surface area contributed by atoms with Gasteiger partial charge >= 0.3 is 0 Å². The number of nitrogens with one attached hydrogen (secondary N) is 2. The SMILES string of the molecule is CCn1ncc(C(=O)N2CC3(C2)NC(=O)c2ccccc2N3)c1C. The molecular weight excluding hydrogens is 306 g/mol. The van der Waals surface area contributed by atoms with E-state index in [0.717, 1.165) is 17.9 Å². The van der Waals surface area contributed by atoms with Crippen molar-refractivity contribution in [3.05, 3.63) is 47.3 Å². The van der Waals surface area contributed by atoms with Gasteiger partial charge in [0.05, 0.1) is 30.4 Å². The first-order valence-electron chi connectivity index (χ1n) is 8.04. The van der Waals surface area contributed by atoms with E-state index in [4.69, 9.17) is 0 Å². The quantitative estimate of drug-likeness (QED) is 0.870. The summed E-state index contributed by atoms with van der Waals surface area (Å²) in [5.41, 5.74) is 2.36. The fraction of sp³-hybridized carbons (Fsp3) is 0.353. The van der Waals surface area contributed by atoms with E-state index in [0.29, 0.717) is 24.2 Å². The van der Waals surface area contributed by atoms with Crippen LogP contribution in [0.25, 0.3) is 0 Å². The van der Waals surface area contributed by atoms with Crippen LogP contribution in [0.1, 0.15) is 33.3 Å². The molecule has 2 aliphatic rings. The number of nitrogens with zero attached hydrogens (tertiary/aromatic N) is 3. The van der Waals surface area contributed by atoms with Crippen molar-refractivity contribution in [3.8, 4) is 0 Å². The molecule has 2 aliphatic heterocycles. The normalized spacial score (nSPS) is 17.8. The van der Waals surface area contributed by atoms with Gasteiger partial charge in [-0.25, -0.2) is 0 Å². The van der Waals surface area contributed by atoms with E-state index in [1.165, 1.54) is 0 Å². The van der Waals surface area contributed by atoms with Crippen molar-refractivity contribution in [2.45, 2.75) is 26.1 Å². The summed E-state index contributed by atoms with van der Waals surface area (Å²) in [6.07, 6.45) is 1.62. The van der Waals surface area contributed by atoms with Gasteiger partial charge in [0, 0.05) is 17.9 Å². The molecule has 4 rings (SSSR count). The third-order valence-electron chi connectivity index (χ3n) is 4.74.